The Labute approximate surface area is 99.2 Å². The Balaban J connectivity index is 2.37. The van der Waals surface area contributed by atoms with Crippen molar-refractivity contribution in [1.82, 2.24) is 9.97 Å². The molecule has 0 amide bonds. The number of nitrogens with one attached hydrogen (secondary N) is 1. The molecule has 0 bridgehead atoms. The average molecular weight is 245 g/mol. The zero-order valence-electron chi connectivity index (χ0n) is 9.04. The molecule has 0 atom stereocenters. The summed E-state index contributed by atoms with van der Waals surface area (Å²) in [7, 11) is 0. The number of furan rings is 1. The van der Waals surface area contributed by atoms with Crippen LogP contribution in [0.25, 0.3) is 22.1 Å². The van der Waals surface area contributed by atoms with Crippen LogP contribution in [0.1, 0.15) is 5.82 Å². The zero-order valence-corrected chi connectivity index (χ0v) is 9.04. The molecule has 0 aliphatic heterocycles. The maximum atomic E-state index is 11.7. The Hall–Kier alpha value is -2.70. The summed E-state index contributed by atoms with van der Waals surface area (Å²) >= 11 is 0. The molecule has 18 heavy (non-hydrogen) atoms. The molecule has 0 saturated carbocycles. The number of H-pyrrole nitrogens is 1. The third-order valence-corrected chi connectivity index (χ3v) is 2.56. The fourth-order valence-corrected chi connectivity index (χ4v) is 1.84. The lowest BCUT2D eigenvalue weighted by Crippen LogP contribution is -2.13. The Kier molecular flexibility index (Phi) is 2.12. The van der Waals surface area contributed by atoms with Gasteiger partial charge in [-0.25, -0.2) is 4.98 Å². The molecule has 7 heteroatoms. The lowest BCUT2D eigenvalue weighted by atomic mass is 10.2. The quantitative estimate of drug-likeness (QED) is 0.543. The van der Waals surface area contributed by atoms with E-state index in [0.29, 0.717) is 16.5 Å². The maximum absolute atomic E-state index is 11.7. The second-order valence-corrected chi connectivity index (χ2v) is 3.78. The fourth-order valence-electron chi connectivity index (χ4n) is 1.84. The van der Waals surface area contributed by atoms with Crippen LogP contribution in [-0.4, -0.2) is 14.9 Å². The summed E-state index contributed by atoms with van der Waals surface area (Å²) in [6, 6.07) is 7.03. The summed E-state index contributed by atoms with van der Waals surface area (Å²) in [4.78, 5) is 28.0. The second-order valence-electron chi connectivity index (χ2n) is 3.78. The summed E-state index contributed by atoms with van der Waals surface area (Å²) in [5.74, 6) is 0.0176. The minimum Gasteiger partial charge on any atom is -0.449 e. The van der Waals surface area contributed by atoms with E-state index >= 15 is 0 Å². The van der Waals surface area contributed by atoms with Gasteiger partial charge < -0.3 is 9.40 Å². The molecular formula is C11H7N3O4. The lowest BCUT2D eigenvalue weighted by Gasteiger charge is -1.94. The van der Waals surface area contributed by atoms with Gasteiger partial charge in [0.05, 0.1) is 0 Å². The van der Waals surface area contributed by atoms with Gasteiger partial charge in [0.15, 0.2) is 5.82 Å². The molecular weight excluding hydrogens is 238 g/mol. The molecule has 1 aromatic carbocycles. The van der Waals surface area contributed by atoms with E-state index in [1.807, 2.05) is 0 Å². The Morgan fingerprint density at radius 3 is 2.94 bits per heavy atom. The highest BCUT2D eigenvalue weighted by molar-refractivity contribution is 6.01. The number of aromatic nitrogens is 2. The molecule has 3 aromatic rings. The molecule has 0 unspecified atom stereocenters. The molecule has 0 radical (unpaired) electrons. The predicted molar refractivity (Wildman–Crippen MR) is 62.8 cm³/mol. The third-order valence-electron chi connectivity index (χ3n) is 2.56. The standard InChI is InChI=1S/C11H7N3O4/c15-11-10-9(12-8(13-11)5-14(16)17)6-3-1-2-4-7(6)18-10/h1-4H,5H2,(H,12,13,15). The number of para-hydroxylation sites is 1. The highest BCUT2D eigenvalue weighted by Gasteiger charge is 2.14. The summed E-state index contributed by atoms with van der Waals surface area (Å²) in [5.41, 5.74) is 0.464. The van der Waals surface area contributed by atoms with Crippen LogP contribution in [0, 0.1) is 10.1 Å². The van der Waals surface area contributed by atoms with Crippen LogP contribution in [0.4, 0.5) is 0 Å². The smallest absolute Gasteiger partial charge is 0.294 e. The van der Waals surface area contributed by atoms with E-state index in [2.05, 4.69) is 9.97 Å². The predicted octanol–water partition coefficient (Wildman–Crippen LogP) is 1.45. The van der Waals surface area contributed by atoms with E-state index in [9.17, 15) is 14.9 Å². The van der Waals surface area contributed by atoms with Crippen LogP contribution in [0.2, 0.25) is 0 Å². The maximum Gasteiger partial charge on any atom is 0.294 e. The first kappa shape index (κ1) is 10.5. The monoisotopic (exact) mass is 245 g/mol. The van der Waals surface area contributed by atoms with E-state index in [4.69, 9.17) is 4.42 Å². The Bertz CT molecular complexity index is 818. The molecule has 0 spiro atoms. The molecule has 3 rings (SSSR count). The molecule has 7 nitrogen and oxygen atoms in total. The molecule has 0 aliphatic carbocycles. The van der Waals surface area contributed by atoms with Gasteiger partial charge >= 0.3 is 0 Å². The summed E-state index contributed by atoms with van der Waals surface area (Å²) in [6.45, 7) is -0.523. The number of aromatic amines is 1. The van der Waals surface area contributed by atoms with Gasteiger partial charge in [-0.1, -0.05) is 12.1 Å². The first-order valence-electron chi connectivity index (χ1n) is 5.17. The number of nitro groups is 1. The second kappa shape index (κ2) is 3.66. The highest BCUT2D eigenvalue weighted by atomic mass is 16.6. The van der Waals surface area contributed by atoms with E-state index in [1.165, 1.54) is 0 Å². The SMILES string of the molecule is O=c1[nH]c(C[N+](=O)[O-])nc2c1oc1ccccc12. The lowest BCUT2D eigenvalue weighted by molar-refractivity contribution is -0.498. The van der Waals surface area contributed by atoms with Crippen molar-refractivity contribution in [2.75, 3.05) is 0 Å². The van der Waals surface area contributed by atoms with E-state index in [1.54, 1.807) is 24.3 Å². The van der Waals surface area contributed by atoms with Crippen LogP contribution in [0.3, 0.4) is 0 Å². The van der Waals surface area contributed by atoms with Gasteiger partial charge in [0.25, 0.3) is 12.1 Å². The van der Waals surface area contributed by atoms with Crippen molar-refractivity contribution in [1.29, 1.82) is 0 Å². The number of hydrogen-bond donors (Lipinski definition) is 1. The molecule has 2 aromatic heterocycles. The number of fused-ring (bicyclic) bond motifs is 3. The third kappa shape index (κ3) is 1.53. The minimum absolute atomic E-state index is 0.0176. The number of hydrogen-bond acceptors (Lipinski definition) is 5. The van der Waals surface area contributed by atoms with Gasteiger partial charge in [0.2, 0.25) is 5.58 Å². The van der Waals surface area contributed by atoms with Crippen molar-refractivity contribution >= 4 is 22.1 Å². The van der Waals surface area contributed by atoms with Gasteiger partial charge in [-0.05, 0) is 12.1 Å². The minimum atomic E-state index is -0.549. The van der Waals surface area contributed by atoms with Crippen molar-refractivity contribution in [2.24, 2.45) is 0 Å². The van der Waals surface area contributed by atoms with Crippen LogP contribution < -0.4 is 5.56 Å². The Morgan fingerprint density at radius 2 is 2.17 bits per heavy atom. The topological polar surface area (TPSA) is 102 Å². The summed E-state index contributed by atoms with van der Waals surface area (Å²) < 4.78 is 5.37. The average Bonchev–Trinajstić information content (AvgIpc) is 2.68. The van der Waals surface area contributed by atoms with E-state index < -0.39 is 17.0 Å². The molecule has 0 aliphatic rings. The summed E-state index contributed by atoms with van der Waals surface area (Å²) in [5, 5.41) is 11.1. The molecule has 0 saturated heterocycles. The number of benzene rings is 1. The van der Waals surface area contributed by atoms with Crippen molar-refractivity contribution in [2.45, 2.75) is 6.54 Å². The largest absolute Gasteiger partial charge is 0.449 e. The van der Waals surface area contributed by atoms with Crippen molar-refractivity contribution in [3.63, 3.8) is 0 Å². The molecule has 2 heterocycles. The van der Waals surface area contributed by atoms with Crippen molar-refractivity contribution < 1.29 is 9.34 Å². The van der Waals surface area contributed by atoms with Gasteiger partial charge in [-0.15, -0.1) is 0 Å². The van der Waals surface area contributed by atoms with Crippen LogP contribution in [0.15, 0.2) is 33.5 Å². The van der Waals surface area contributed by atoms with Crippen LogP contribution in [-0.2, 0) is 6.54 Å². The van der Waals surface area contributed by atoms with Gasteiger partial charge in [0, 0.05) is 10.3 Å². The molecule has 90 valence electrons. The van der Waals surface area contributed by atoms with Gasteiger partial charge in [0.1, 0.15) is 11.1 Å². The Morgan fingerprint density at radius 1 is 1.39 bits per heavy atom. The first-order valence-corrected chi connectivity index (χ1v) is 5.17. The normalized spacial score (nSPS) is 11.1. The highest BCUT2D eigenvalue weighted by Crippen LogP contribution is 2.24. The van der Waals surface area contributed by atoms with Crippen LogP contribution in [0.5, 0.6) is 0 Å². The van der Waals surface area contributed by atoms with Crippen molar-refractivity contribution in [3.8, 4) is 0 Å². The van der Waals surface area contributed by atoms with E-state index in [-0.39, 0.29) is 11.4 Å². The van der Waals surface area contributed by atoms with Crippen molar-refractivity contribution in [3.05, 3.63) is 50.6 Å². The number of nitrogens with zero attached hydrogens (tertiary/aromatic N) is 2. The van der Waals surface area contributed by atoms with E-state index in [0.717, 1.165) is 0 Å². The van der Waals surface area contributed by atoms with Gasteiger partial charge in [-0.2, -0.15) is 0 Å². The molecule has 1 N–H and O–H groups in total. The fraction of sp³-hybridized carbons (Fsp3) is 0.0909. The van der Waals surface area contributed by atoms with Gasteiger partial charge in [-0.3, -0.25) is 14.9 Å². The molecule has 0 fully saturated rings. The number of rotatable bonds is 2. The first-order chi connectivity index (χ1) is 8.65. The summed E-state index contributed by atoms with van der Waals surface area (Å²) in [6.07, 6.45) is 0. The van der Waals surface area contributed by atoms with Crippen LogP contribution >= 0.6 is 0 Å². The zero-order chi connectivity index (χ0) is 12.7.